The molecule has 3 aromatic rings. The number of amides is 2. The van der Waals surface area contributed by atoms with Gasteiger partial charge in [0.15, 0.2) is 0 Å². The molecule has 1 heterocycles. The van der Waals surface area contributed by atoms with Crippen molar-refractivity contribution in [1.82, 2.24) is 4.90 Å². The predicted octanol–water partition coefficient (Wildman–Crippen LogP) is 4.27. The quantitative estimate of drug-likeness (QED) is 0.589. The van der Waals surface area contributed by atoms with Crippen molar-refractivity contribution < 1.29 is 14.3 Å². The Morgan fingerprint density at radius 1 is 0.844 bits per heavy atom. The van der Waals surface area contributed by atoms with Crippen molar-refractivity contribution in [2.75, 3.05) is 7.05 Å². The van der Waals surface area contributed by atoms with Crippen LogP contribution in [0, 0.1) is 11.8 Å². The van der Waals surface area contributed by atoms with Gasteiger partial charge in [-0.15, -0.1) is 0 Å². The Hall–Kier alpha value is -3.24. The van der Waals surface area contributed by atoms with Crippen LogP contribution in [0.4, 0.5) is 0 Å². The smallest absolute Gasteiger partial charge is 0.234 e. The fraction of sp³-hybridized carbons (Fsp3) is 0.286. The summed E-state index contributed by atoms with van der Waals surface area (Å²) >= 11 is 0. The largest absolute Gasteiger partial charge is 0.373 e. The van der Waals surface area contributed by atoms with Crippen LogP contribution in [-0.2, 0) is 26.3 Å². The maximum atomic E-state index is 13.6. The number of carbonyl (C=O) groups excluding carboxylic acids is 2. The molecule has 1 aliphatic heterocycles. The van der Waals surface area contributed by atoms with Crippen molar-refractivity contribution in [2.45, 2.75) is 31.0 Å². The topological polar surface area (TPSA) is 46.6 Å². The summed E-state index contributed by atoms with van der Waals surface area (Å²) in [5.41, 5.74) is 4.94. The number of nitrogens with zero attached hydrogens (tertiary/aromatic N) is 1. The molecule has 1 saturated heterocycles. The molecule has 0 radical (unpaired) electrons. The van der Waals surface area contributed by atoms with Crippen LogP contribution in [0.15, 0.2) is 78.9 Å². The highest BCUT2D eigenvalue weighted by Crippen LogP contribution is 2.65. The Morgan fingerprint density at radius 2 is 1.41 bits per heavy atom. The van der Waals surface area contributed by atoms with E-state index in [1.807, 2.05) is 54.6 Å². The molecule has 4 heteroatoms. The first-order valence-electron chi connectivity index (χ1n) is 11.2. The molecule has 2 amide bonds. The van der Waals surface area contributed by atoms with Crippen LogP contribution < -0.4 is 0 Å². The number of benzene rings is 3. The minimum Gasteiger partial charge on any atom is -0.373 e. The third-order valence-corrected chi connectivity index (χ3v) is 7.89. The summed E-state index contributed by atoms with van der Waals surface area (Å²) in [6, 6.07) is 26.7. The first kappa shape index (κ1) is 19.4. The maximum absolute atomic E-state index is 13.6. The minimum atomic E-state index is -0.709. The predicted molar refractivity (Wildman–Crippen MR) is 121 cm³/mol. The van der Waals surface area contributed by atoms with Crippen LogP contribution in [0.2, 0.25) is 0 Å². The molecule has 3 aliphatic carbocycles. The first-order valence-corrected chi connectivity index (χ1v) is 11.2. The van der Waals surface area contributed by atoms with Gasteiger partial charge in [-0.05, 0) is 34.7 Å². The van der Waals surface area contributed by atoms with Crippen LogP contribution in [-0.4, -0.2) is 29.9 Å². The molecule has 3 aromatic carbocycles. The highest BCUT2D eigenvalue weighted by Gasteiger charge is 2.69. The Bertz CT molecular complexity index is 1190. The number of ether oxygens (including phenoxy) is 1. The number of carbonyl (C=O) groups is 2. The number of hydrogen-bond donors (Lipinski definition) is 0. The Kier molecular flexibility index (Phi) is 4.18. The minimum absolute atomic E-state index is 0.0753. The van der Waals surface area contributed by atoms with Crippen molar-refractivity contribution in [3.8, 4) is 0 Å². The van der Waals surface area contributed by atoms with E-state index < -0.39 is 11.3 Å². The Balaban J connectivity index is 1.58. The summed E-state index contributed by atoms with van der Waals surface area (Å²) in [5, 5.41) is 0. The van der Waals surface area contributed by atoms with Crippen LogP contribution in [0.1, 0.15) is 40.7 Å². The molecule has 0 aromatic heterocycles. The maximum Gasteiger partial charge on any atom is 0.234 e. The van der Waals surface area contributed by atoms with Gasteiger partial charge in [-0.1, -0.05) is 78.9 Å². The van der Waals surface area contributed by atoms with Gasteiger partial charge >= 0.3 is 0 Å². The second-order valence-corrected chi connectivity index (χ2v) is 9.20. The summed E-state index contributed by atoms with van der Waals surface area (Å²) in [4.78, 5) is 28.3. The van der Waals surface area contributed by atoms with Gasteiger partial charge in [0.2, 0.25) is 11.8 Å². The van der Waals surface area contributed by atoms with E-state index in [0.29, 0.717) is 6.61 Å². The molecular formula is C28H25NO3. The second-order valence-electron chi connectivity index (χ2n) is 9.20. The van der Waals surface area contributed by atoms with E-state index >= 15 is 0 Å². The van der Waals surface area contributed by atoms with E-state index in [4.69, 9.17) is 4.74 Å². The molecule has 1 fully saturated rings. The fourth-order valence-corrected chi connectivity index (χ4v) is 6.59. The van der Waals surface area contributed by atoms with E-state index in [1.54, 1.807) is 7.05 Å². The van der Waals surface area contributed by atoms with E-state index in [9.17, 15) is 9.59 Å². The lowest BCUT2D eigenvalue weighted by molar-refractivity contribution is -0.139. The molecule has 0 spiro atoms. The summed E-state index contributed by atoms with van der Waals surface area (Å²) in [7, 11) is 1.63. The fourth-order valence-electron chi connectivity index (χ4n) is 6.59. The van der Waals surface area contributed by atoms with Gasteiger partial charge in [0.25, 0.3) is 0 Å². The van der Waals surface area contributed by atoms with Gasteiger partial charge in [-0.2, -0.15) is 0 Å². The van der Waals surface area contributed by atoms with Crippen molar-refractivity contribution >= 4 is 11.8 Å². The zero-order chi connectivity index (χ0) is 22.0. The zero-order valence-electron chi connectivity index (χ0n) is 18.2. The van der Waals surface area contributed by atoms with Gasteiger partial charge in [0.05, 0.1) is 30.0 Å². The zero-order valence-corrected chi connectivity index (χ0v) is 18.2. The molecule has 0 N–H and O–H groups in total. The van der Waals surface area contributed by atoms with E-state index in [1.165, 1.54) is 4.90 Å². The average molecular weight is 424 g/mol. The second kappa shape index (κ2) is 6.88. The number of hydrogen-bond acceptors (Lipinski definition) is 3. The summed E-state index contributed by atoms with van der Waals surface area (Å²) < 4.78 is 6.55. The van der Waals surface area contributed by atoms with Crippen LogP contribution in [0.3, 0.4) is 0 Å². The van der Waals surface area contributed by atoms with E-state index in [2.05, 4.69) is 31.2 Å². The van der Waals surface area contributed by atoms with E-state index in [0.717, 1.165) is 27.8 Å². The molecule has 4 nitrogen and oxygen atoms in total. The lowest BCUT2D eigenvalue weighted by Gasteiger charge is -2.56. The summed E-state index contributed by atoms with van der Waals surface area (Å²) in [6.07, 6.45) is -0.304. The van der Waals surface area contributed by atoms with Gasteiger partial charge in [-0.3, -0.25) is 14.5 Å². The van der Waals surface area contributed by atoms with Crippen molar-refractivity contribution in [3.63, 3.8) is 0 Å². The first-order chi connectivity index (χ1) is 15.6. The Morgan fingerprint density at radius 3 is 2.03 bits per heavy atom. The van der Waals surface area contributed by atoms with Crippen LogP contribution in [0.25, 0.3) is 0 Å². The van der Waals surface area contributed by atoms with Gasteiger partial charge < -0.3 is 4.74 Å². The lowest BCUT2D eigenvalue weighted by Crippen LogP contribution is -2.59. The highest BCUT2D eigenvalue weighted by molar-refractivity contribution is 6.08. The summed E-state index contributed by atoms with van der Waals surface area (Å²) in [6.45, 7) is 2.52. The molecule has 160 valence electrons. The monoisotopic (exact) mass is 423 g/mol. The van der Waals surface area contributed by atoms with Gasteiger partial charge in [0, 0.05) is 13.0 Å². The standard InChI is InChI=1S/C28H25NO3/c1-17(32-16-18-10-4-3-5-11-18)28-21-14-8-6-12-19(21)23(20-13-7-9-15-22(20)28)24-25(28)27(31)29(2)26(24)30/h3-15,17,23-25H,16H2,1-2H3/t17-,23?,24?,25?,28?/m0/s1. The van der Waals surface area contributed by atoms with E-state index in [-0.39, 0.29) is 29.8 Å². The SMILES string of the molecule is C[C@H](OCc1ccccc1)C12c3ccccc3C(c3ccccc31)C1C(=O)N(C)C(=O)C12. The highest BCUT2D eigenvalue weighted by atomic mass is 16.5. The van der Waals surface area contributed by atoms with Gasteiger partial charge in [0.1, 0.15) is 0 Å². The van der Waals surface area contributed by atoms with Crippen molar-refractivity contribution in [1.29, 1.82) is 0 Å². The van der Waals surface area contributed by atoms with Crippen molar-refractivity contribution in [2.24, 2.45) is 11.8 Å². The lowest BCUT2D eigenvalue weighted by atomic mass is 9.46. The van der Waals surface area contributed by atoms with Crippen molar-refractivity contribution in [3.05, 3.63) is 107 Å². The number of imide groups is 1. The van der Waals surface area contributed by atoms with Crippen LogP contribution in [0.5, 0.6) is 0 Å². The number of rotatable bonds is 4. The average Bonchev–Trinajstić information content (AvgIpc) is 3.08. The molecule has 2 bridgehead atoms. The molecular weight excluding hydrogens is 398 g/mol. The molecule has 4 aliphatic rings. The molecule has 2 unspecified atom stereocenters. The molecule has 7 rings (SSSR count). The molecule has 3 atom stereocenters. The summed E-state index contributed by atoms with van der Waals surface area (Å²) in [5.74, 6) is -1.12. The normalized spacial score (nSPS) is 28.3. The molecule has 0 saturated carbocycles. The number of likely N-dealkylation sites (tertiary alicyclic amines) is 1. The van der Waals surface area contributed by atoms with Crippen LogP contribution >= 0.6 is 0 Å². The third-order valence-electron chi connectivity index (χ3n) is 7.89. The third kappa shape index (κ3) is 2.31. The Labute approximate surface area is 187 Å². The molecule has 32 heavy (non-hydrogen) atoms. The van der Waals surface area contributed by atoms with Gasteiger partial charge in [-0.25, -0.2) is 0 Å².